The molecule has 1 unspecified atom stereocenters. The van der Waals surface area contributed by atoms with E-state index in [-0.39, 0.29) is 0 Å². The molecule has 16 heavy (non-hydrogen) atoms. The van der Waals surface area contributed by atoms with Gasteiger partial charge in [0, 0.05) is 17.8 Å². The van der Waals surface area contributed by atoms with Gasteiger partial charge in [-0.1, -0.05) is 19.4 Å². The van der Waals surface area contributed by atoms with Gasteiger partial charge in [-0.25, -0.2) is 4.98 Å². The van der Waals surface area contributed by atoms with Crippen molar-refractivity contribution in [3.8, 4) is 0 Å². The van der Waals surface area contributed by atoms with Gasteiger partial charge in [0.05, 0.1) is 0 Å². The van der Waals surface area contributed by atoms with Crippen LogP contribution in [0.5, 0.6) is 0 Å². The highest BCUT2D eigenvalue weighted by Crippen LogP contribution is 2.34. The molecule has 0 spiro atoms. The second kappa shape index (κ2) is 5.69. The van der Waals surface area contributed by atoms with Crippen LogP contribution in [0.3, 0.4) is 0 Å². The molecule has 1 aromatic heterocycles. The number of aromatic nitrogens is 1. The smallest absolute Gasteiger partial charge is 0.101 e. The molecule has 0 bridgehead atoms. The number of thioether (sulfide) groups is 1. The first-order valence-corrected chi connectivity index (χ1v) is 7.09. The molecule has 2 rings (SSSR count). The van der Waals surface area contributed by atoms with Gasteiger partial charge in [0.25, 0.3) is 0 Å². The van der Waals surface area contributed by atoms with E-state index in [4.69, 9.17) is 0 Å². The average molecular weight is 236 g/mol. The van der Waals surface area contributed by atoms with Crippen LogP contribution in [0.2, 0.25) is 0 Å². The number of pyridine rings is 1. The van der Waals surface area contributed by atoms with E-state index in [1.54, 1.807) is 0 Å². The summed E-state index contributed by atoms with van der Waals surface area (Å²) in [7, 11) is 2.23. The molecule has 0 amide bonds. The first-order valence-electron chi connectivity index (χ1n) is 6.11. The van der Waals surface area contributed by atoms with Crippen molar-refractivity contribution in [3.05, 3.63) is 23.9 Å². The van der Waals surface area contributed by atoms with Crippen molar-refractivity contribution < 1.29 is 0 Å². The van der Waals surface area contributed by atoms with E-state index < -0.39 is 0 Å². The Labute approximate surface area is 102 Å². The Bertz CT molecular complexity index is 340. The fourth-order valence-corrected chi connectivity index (χ4v) is 3.16. The third-order valence-electron chi connectivity index (χ3n) is 3.21. The lowest BCUT2D eigenvalue weighted by Gasteiger charge is -2.33. The molecule has 2 nitrogen and oxygen atoms in total. The van der Waals surface area contributed by atoms with Crippen LogP contribution in [0.15, 0.2) is 23.4 Å². The molecule has 1 fully saturated rings. The topological polar surface area (TPSA) is 16.1 Å². The monoisotopic (exact) mass is 236 g/mol. The highest BCUT2D eigenvalue weighted by molar-refractivity contribution is 7.99. The molecule has 0 radical (unpaired) electrons. The SMILES string of the molecule is CCSc1ncccc1C1CCCCN1C. The van der Waals surface area contributed by atoms with Crippen LogP contribution < -0.4 is 0 Å². The van der Waals surface area contributed by atoms with Gasteiger partial charge in [-0.2, -0.15) is 0 Å². The largest absolute Gasteiger partial charge is 0.299 e. The van der Waals surface area contributed by atoms with Gasteiger partial charge in [0.15, 0.2) is 0 Å². The third kappa shape index (κ3) is 2.58. The van der Waals surface area contributed by atoms with Crippen molar-refractivity contribution in [2.75, 3.05) is 19.3 Å². The zero-order valence-electron chi connectivity index (χ0n) is 10.1. The highest BCUT2D eigenvalue weighted by atomic mass is 32.2. The summed E-state index contributed by atoms with van der Waals surface area (Å²) in [5, 5.41) is 1.23. The normalized spacial score (nSPS) is 22.2. The van der Waals surface area contributed by atoms with Crippen LogP contribution in [0.1, 0.15) is 37.8 Å². The molecule has 88 valence electrons. The second-order valence-electron chi connectivity index (χ2n) is 4.32. The third-order valence-corrected chi connectivity index (χ3v) is 4.11. The van der Waals surface area contributed by atoms with Crippen molar-refractivity contribution in [1.82, 2.24) is 9.88 Å². The quantitative estimate of drug-likeness (QED) is 0.749. The number of hydrogen-bond acceptors (Lipinski definition) is 3. The Kier molecular flexibility index (Phi) is 4.24. The lowest BCUT2D eigenvalue weighted by atomic mass is 9.97. The zero-order chi connectivity index (χ0) is 11.4. The minimum atomic E-state index is 0.580. The molecular formula is C13H20N2S. The lowest BCUT2D eigenvalue weighted by Crippen LogP contribution is -2.30. The molecule has 0 saturated carbocycles. The predicted molar refractivity (Wildman–Crippen MR) is 69.9 cm³/mol. The number of likely N-dealkylation sites (tertiary alicyclic amines) is 1. The van der Waals surface area contributed by atoms with Crippen molar-refractivity contribution in [1.29, 1.82) is 0 Å². The molecule has 0 aromatic carbocycles. The van der Waals surface area contributed by atoms with Gasteiger partial charge in [0.2, 0.25) is 0 Å². The zero-order valence-corrected chi connectivity index (χ0v) is 11.0. The van der Waals surface area contributed by atoms with E-state index in [0.717, 1.165) is 5.75 Å². The highest BCUT2D eigenvalue weighted by Gasteiger charge is 2.23. The lowest BCUT2D eigenvalue weighted by molar-refractivity contribution is 0.184. The Hall–Kier alpha value is -0.540. The van der Waals surface area contributed by atoms with Gasteiger partial charge in [-0.15, -0.1) is 11.8 Å². The van der Waals surface area contributed by atoms with Crippen LogP contribution in [0.25, 0.3) is 0 Å². The first-order chi connectivity index (χ1) is 7.83. The van der Waals surface area contributed by atoms with Gasteiger partial charge in [-0.3, -0.25) is 4.90 Å². The summed E-state index contributed by atoms with van der Waals surface area (Å²) >= 11 is 1.86. The standard InChI is InChI=1S/C13H20N2S/c1-3-16-13-11(7-6-9-14-13)12-8-4-5-10-15(12)2/h6-7,9,12H,3-5,8,10H2,1-2H3. The molecule has 3 heteroatoms. The maximum atomic E-state index is 4.51. The molecule has 1 aliphatic heterocycles. The van der Waals surface area contributed by atoms with Crippen LogP contribution in [0, 0.1) is 0 Å². The average Bonchev–Trinajstić information content (AvgIpc) is 2.31. The number of piperidine rings is 1. The Morgan fingerprint density at radius 3 is 3.12 bits per heavy atom. The van der Waals surface area contributed by atoms with Crippen LogP contribution in [-0.2, 0) is 0 Å². The second-order valence-corrected chi connectivity index (χ2v) is 5.58. The van der Waals surface area contributed by atoms with E-state index in [1.165, 1.54) is 36.4 Å². The van der Waals surface area contributed by atoms with Crippen LogP contribution >= 0.6 is 11.8 Å². The number of hydrogen-bond donors (Lipinski definition) is 0. The van der Waals surface area contributed by atoms with Gasteiger partial charge >= 0.3 is 0 Å². The van der Waals surface area contributed by atoms with Crippen molar-refractivity contribution >= 4 is 11.8 Å². The molecular weight excluding hydrogens is 216 g/mol. The maximum absolute atomic E-state index is 4.51. The molecule has 1 saturated heterocycles. The van der Waals surface area contributed by atoms with Crippen molar-refractivity contribution in [2.24, 2.45) is 0 Å². The van der Waals surface area contributed by atoms with Gasteiger partial charge in [0.1, 0.15) is 5.03 Å². The Morgan fingerprint density at radius 1 is 1.50 bits per heavy atom. The van der Waals surface area contributed by atoms with E-state index in [1.807, 2.05) is 18.0 Å². The van der Waals surface area contributed by atoms with Gasteiger partial charge in [-0.05, 0) is 38.3 Å². The summed E-state index contributed by atoms with van der Waals surface area (Å²) < 4.78 is 0. The summed E-state index contributed by atoms with van der Waals surface area (Å²) in [6, 6.07) is 4.89. The minimum absolute atomic E-state index is 0.580. The molecule has 0 aliphatic carbocycles. The predicted octanol–water partition coefficient (Wildman–Crippen LogP) is 3.35. The molecule has 1 aromatic rings. The van der Waals surface area contributed by atoms with E-state index in [0.29, 0.717) is 6.04 Å². The van der Waals surface area contributed by atoms with Crippen molar-refractivity contribution in [2.45, 2.75) is 37.3 Å². The van der Waals surface area contributed by atoms with Crippen LogP contribution in [-0.4, -0.2) is 29.2 Å². The van der Waals surface area contributed by atoms with E-state index in [9.17, 15) is 0 Å². The number of nitrogens with zero attached hydrogens (tertiary/aromatic N) is 2. The fourth-order valence-electron chi connectivity index (χ4n) is 2.38. The molecule has 1 aliphatic rings. The fraction of sp³-hybridized carbons (Fsp3) is 0.615. The first kappa shape index (κ1) is 11.9. The number of rotatable bonds is 3. The molecule has 0 N–H and O–H groups in total. The Morgan fingerprint density at radius 2 is 2.38 bits per heavy atom. The molecule has 1 atom stereocenters. The van der Waals surface area contributed by atoms with E-state index in [2.05, 4.69) is 36.0 Å². The summed E-state index contributed by atoms with van der Waals surface area (Å²) in [6.07, 6.45) is 5.87. The van der Waals surface area contributed by atoms with Crippen molar-refractivity contribution in [3.63, 3.8) is 0 Å². The summed E-state index contributed by atoms with van der Waals surface area (Å²) in [6.45, 7) is 3.41. The van der Waals surface area contributed by atoms with E-state index >= 15 is 0 Å². The molecule has 2 heterocycles. The summed E-state index contributed by atoms with van der Waals surface area (Å²) in [5.41, 5.74) is 1.43. The maximum Gasteiger partial charge on any atom is 0.101 e. The van der Waals surface area contributed by atoms with Gasteiger partial charge < -0.3 is 0 Å². The summed E-state index contributed by atoms with van der Waals surface area (Å²) in [4.78, 5) is 6.99. The Balaban J connectivity index is 2.23. The van der Waals surface area contributed by atoms with Crippen LogP contribution in [0.4, 0.5) is 0 Å². The minimum Gasteiger partial charge on any atom is -0.299 e. The summed E-state index contributed by atoms with van der Waals surface area (Å²) in [5.74, 6) is 1.10.